The quantitative estimate of drug-likeness (QED) is 0.0204. The molecule has 0 saturated carbocycles. The molecule has 0 bridgehead atoms. The Morgan fingerprint density at radius 3 is 1.10 bits per heavy atom. The molecule has 2 fully saturated rings. The maximum Gasteiger partial charge on any atom is 0.220 e. The van der Waals surface area contributed by atoms with E-state index in [9.17, 15) is 45.6 Å². The number of nitrogens with one attached hydrogen (secondary N) is 1. The molecule has 0 aromatic rings. The Bertz CT molecular complexity index is 1670. The number of hydrogen-bond donors (Lipinski definition) is 9. The topological polar surface area (TPSA) is 228 Å². The molecule has 0 aromatic heterocycles. The lowest BCUT2D eigenvalue weighted by Gasteiger charge is -2.46. The molecule has 0 aliphatic carbocycles. The van der Waals surface area contributed by atoms with E-state index >= 15 is 0 Å². The Kier molecular flexibility index (Phi) is 57.9. The van der Waals surface area contributed by atoms with E-state index in [1.165, 1.54) is 283 Å². The standard InChI is InChI=1S/C77H145NO13/c1-3-5-7-9-11-13-15-17-19-21-23-25-27-28-29-30-31-32-33-34-35-36-37-38-39-41-43-45-47-49-51-53-55-57-59-61-69(82)78-65(64-88-76-74(87)72(85)75(68(63-80)90-76)91-77-73(86)71(84)70(83)67(62-79)89-77)66(81)60-58-56-54-52-50-48-46-44-42-40-26-24-22-20-18-16-14-12-10-8-6-4-2/h15,17,21,23,58,60,65-68,70-77,79-81,83-87H,3-14,16,18-20,22,24-57,59,61-64H2,1-2H3,(H,78,82)/b17-15-,23-21-,60-58+. The second kappa shape index (κ2) is 61.8. The molecule has 9 N–H and O–H groups in total. The van der Waals surface area contributed by atoms with Crippen molar-refractivity contribution in [2.45, 2.75) is 428 Å². The van der Waals surface area contributed by atoms with E-state index in [0.29, 0.717) is 6.42 Å². The number of rotatable bonds is 65. The fraction of sp³-hybridized carbons (Fsp3) is 0.909. The summed E-state index contributed by atoms with van der Waals surface area (Å²) in [5, 5.41) is 87.6. The minimum absolute atomic E-state index is 0.232. The third-order valence-electron chi connectivity index (χ3n) is 19.1. The van der Waals surface area contributed by atoms with Gasteiger partial charge in [-0.15, -0.1) is 0 Å². The number of carbonyl (C=O) groups is 1. The van der Waals surface area contributed by atoms with Gasteiger partial charge in [-0.1, -0.05) is 333 Å². The van der Waals surface area contributed by atoms with Crippen LogP contribution in [0, 0.1) is 0 Å². The molecule has 2 saturated heterocycles. The van der Waals surface area contributed by atoms with Crippen molar-refractivity contribution in [3.63, 3.8) is 0 Å². The van der Waals surface area contributed by atoms with Crippen molar-refractivity contribution in [3.8, 4) is 0 Å². The highest BCUT2D eigenvalue weighted by Crippen LogP contribution is 2.30. The molecule has 1 amide bonds. The first-order valence-corrected chi connectivity index (χ1v) is 38.7. The predicted octanol–water partition coefficient (Wildman–Crippen LogP) is 16.9. The van der Waals surface area contributed by atoms with Gasteiger partial charge < -0.3 is 65.1 Å². The Labute approximate surface area is 557 Å². The molecule has 536 valence electrons. The monoisotopic (exact) mass is 1290 g/mol. The summed E-state index contributed by atoms with van der Waals surface area (Å²) < 4.78 is 22.9. The number of aliphatic hydroxyl groups is 8. The molecular weight excluding hydrogens is 1150 g/mol. The first-order valence-electron chi connectivity index (χ1n) is 38.7. The molecule has 2 aliphatic rings. The van der Waals surface area contributed by atoms with Crippen LogP contribution in [0.1, 0.15) is 354 Å². The molecule has 2 heterocycles. The summed E-state index contributed by atoms with van der Waals surface area (Å²) >= 11 is 0. The summed E-state index contributed by atoms with van der Waals surface area (Å²) in [5.74, 6) is -0.232. The van der Waals surface area contributed by atoms with Gasteiger partial charge in [0.2, 0.25) is 5.91 Å². The van der Waals surface area contributed by atoms with Crippen molar-refractivity contribution in [2.24, 2.45) is 0 Å². The average Bonchev–Trinajstić information content (AvgIpc) is 0.888. The smallest absolute Gasteiger partial charge is 0.220 e. The van der Waals surface area contributed by atoms with Gasteiger partial charge in [-0.3, -0.25) is 4.79 Å². The van der Waals surface area contributed by atoms with Gasteiger partial charge in [0, 0.05) is 6.42 Å². The molecule has 12 unspecified atom stereocenters. The van der Waals surface area contributed by atoms with Crippen LogP contribution in [0.3, 0.4) is 0 Å². The van der Waals surface area contributed by atoms with Crippen molar-refractivity contribution in [2.75, 3.05) is 19.8 Å². The van der Waals surface area contributed by atoms with Crippen LogP contribution in [-0.4, -0.2) is 140 Å². The van der Waals surface area contributed by atoms with Crippen LogP contribution >= 0.6 is 0 Å². The van der Waals surface area contributed by atoms with Crippen molar-refractivity contribution < 1.29 is 64.6 Å². The zero-order valence-electron chi connectivity index (χ0n) is 58.6. The number of amides is 1. The minimum Gasteiger partial charge on any atom is -0.394 e. The van der Waals surface area contributed by atoms with Crippen LogP contribution in [0.15, 0.2) is 36.5 Å². The number of unbranched alkanes of at least 4 members (excludes halogenated alkanes) is 48. The molecule has 14 nitrogen and oxygen atoms in total. The van der Waals surface area contributed by atoms with E-state index in [1.807, 2.05) is 6.08 Å². The van der Waals surface area contributed by atoms with Gasteiger partial charge in [-0.2, -0.15) is 0 Å². The van der Waals surface area contributed by atoms with Gasteiger partial charge in [0.1, 0.15) is 48.8 Å². The first kappa shape index (κ1) is 85.3. The van der Waals surface area contributed by atoms with Crippen LogP contribution < -0.4 is 5.32 Å². The molecule has 2 rings (SSSR count). The minimum atomic E-state index is -1.79. The lowest BCUT2D eigenvalue weighted by Crippen LogP contribution is -2.65. The highest BCUT2D eigenvalue weighted by Gasteiger charge is 2.51. The van der Waals surface area contributed by atoms with Crippen LogP contribution in [-0.2, 0) is 23.7 Å². The van der Waals surface area contributed by atoms with Crippen LogP contribution in [0.4, 0.5) is 0 Å². The molecule has 0 aromatic carbocycles. The molecular formula is C77H145NO13. The van der Waals surface area contributed by atoms with Crippen molar-refractivity contribution >= 4 is 5.91 Å². The summed E-state index contributed by atoms with van der Waals surface area (Å²) in [6, 6.07) is -0.914. The number of hydrogen-bond acceptors (Lipinski definition) is 13. The van der Waals surface area contributed by atoms with Gasteiger partial charge in [0.25, 0.3) is 0 Å². The Morgan fingerprint density at radius 1 is 0.396 bits per heavy atom. The second-order valence-electron chi connectivity index (χ2n) is 27.5. The van der Waals surface area contributed by atoms with Crippen molar-refractivity contribution in [1.29, 1.82) is 0 Å². The van der Waals surface area contributed by atoms with Crippen LogP contribution in [0.2, 0.25) is 0 Å². The Balaban J connectivity index is 1.61. The van der Waals surface area contributed by atoms with Gasteiger partial charge in [-0.25, -0.2) is 0 Å². The van der Waals surface area contributed by atoms with E-state index in [4.69, 9.17) is 18.9 Å². The third-order valence-corrected chi connectivity index (χ3v) is 19.1. The second-order valence-corrected chi connectivity index (χ2v) is 27.5. The number of carbonyl (C=O) groups excluding carboxylic acids is 1. The highest BCUT2D eigenvalue weighted by molar-refractivity contribution is 5.76. The van der Waals surface area contributed by atoms with E-state index in [-0.39, 0.29) is 18.9 Å². The number of allylic oxidation sites excluding steroid dienone is 5. The molecule has 0 spiro atoms. The summed E-state index contributed by atoms with van der Waals surface area (Å²) in [5.41, 5.74) is 0. The summed E-state index contributed by atoms with van der Waals surface area (Å²) in [6.45, 7) is 2.85. The summed E-state index contributed by atoms with van der Waals surface area (Å²) in [4.78, 5) is 13.4. The maximum absolute atomic E-state index is 13.4. The molecule has 12 atom stereocenters. The molecule has 14 heteroatoms. The van der Waals surface area contributed by atoms with Gasteiger partial charge >= 0.3 is 0 Å². The molecule has 91 heavy (non-hydrogen) atoms. The molecule has 0 radical (unpaired) electrons. The van der Waals surface area contributed by atoms with E-state index in [1.54, 1.807) is 6.08 Å². The van der Waals surface area contributed by atoms with Gasteiger partial charge in [-0.05, 0) is 51.4 Å². The fourth-order valence-corrected chi connectivity index (χ4v) is 12.9. The van der Waals surface area contributed by atoms with Crippen molar-refractivity contribution in [1.82, 2.24) is 5.32 Å². The third kappa shape index (κ3) is 45.4. The normalized spacial score (nSPS) is 22.9. The summed E-state index contributed by atoms with van der Waals surface area (Å²) in [7, 11) is 0. The van der Waals surface area contributed by atoms with Crippen molar-refractivity contribution in [3.05, 3.63) is 36.5 Å². The maximum atomic E-state index is 13.4. The zero-order valence-corrected chi connectivity index (χ0v) is 58.6. The van der Waals surface area contributed by atoms with Crippen LogP contribution in [0.25, 0.3) is 0 Å². The Morgan fingerprint density at radius 2 is 0.725 bits per heavy atom. The van der Waals surface area contributed by atoms with E-state index in [0.717, 1.165) is 44.9 Å². The fourth-order valence-electron chi connectivity index (χ4n) is 12.9. The lowest BCUT2D eigenvalue weighted by atomic mass is 9.97. The van der Waals surface area contributed by atoms with Crippen LogP contribution in [0.5, 0.6) is 0 Å². The molecule has 2 aliphatic heterocycles. The first-order chi connectivity index (χ1) is 44.6. The van der Waals surface area contributed by atoms with E-state index < -0.39 is 86.8 Å². The number of ether oxygens (including phenoxy) is 4. The highest BCUT2D eigenvalue weighted by atomic mass is 16.7. The average molecular weight is 1290 g/mol. The Hall–Kier alpha value is -1.79. The zero-order chi connectivity index (χ0) is 65.9. The van der Waals surface area contributed by atoms with E-state index in [2.05, 4.69) is 43.5 Å². The van der Waals surface area contributed by atoms with Gasteiger partial charge in [0.05, 0.1) is 32.0 Å². The largest absolute Gasteiger partial charge is 0.394 e. The predicted molar refractivity (Wildman–Crippen MR) is 374 cm³/mol. The van der Waals surface area contributed by atoms with Gasteiger partial charge in [0.15, 0.2) is 12.6 Å². The SMILES string of the molecule is CCCCCCC/C=C\C/C=C\CCCCCCCCCCCCCCCCCCCCCCCCCC(=O)NC(COC1OC(CO)C(OC2OC(CO)C(O)C(O)C2O)C(O)C1O)C(O)/C=C/CCCCCCCCCCCCCCCCCCCCCC. The lowest BCUT2D eigenvalue weighted by molar-refractivity contribution is -0.359. The number of aliphatic hydroxyl groups excluding tert-OH is 8. The summed E-state index contributed by atoms with van der Waals surface area (Å²) in [6.07, 6.45) is 63.6.